The Morgan fingerprint density at radius 3 is 2.13 bits per heavy atom. The number of hydrogen-bond donors (Lipinski definition) is 1. The van der Waals surface area contributed by atoms with Crippen molar-refractivity contribution in [1.29, 1.82) is 0 Å². The van der Waals surface area contributed by atoms with Crippen LogP contribution in [0.15, 0.2) is 46.1 Å². The first-order valence-electron chi connectivity index (χ1n) is 19.9. The van der Waals surface area contributed by atoms with E-state index in [0.717, 1.165) is 24.8 Å². The largest absolute Gasteiger partial charge is 0.465 e. The fourth-order valence-electron chi connectivity index (χ4n) is 6.09. The molecule has 0 saturated carbocycles. The minimum atomic E-state index is -2.07. The summed E-state index contributed by atoms with van der Waals surface area (Å²) in [6, 6.07) is 0. The first-order valence-corrected chi connectivity index (χ1v) is 27.0. The zero-order chi connectivity index (χ0) is 40.6. The highest BCUT2D eigenvalue weighted by atomic mass is 127. The van der Waals surface area contributed by atoms with Crippen LogP contribution in [0.2, 0.25) is 36.3 Å². The van der Waals surface area contributed by atoms with E-state index >= 15 is 0 Å². The number of carbonyl (C=O) groups is 1. The Morgan fingerprint density at radius 1 is 0.943 bits per heavy atom. The van der Waals surface area contributed by atoms with E-state index in [0.29, 0.717) is 19.4 Å². The lowest BCUT2D eigenvalue weighted by atomic mass is 9.74. The van der Waals surface area contributed by atoms with Crippen molar-refractivity contribution in [1.82, 2.24) is 0 Å². The highest BCUT2D eigenvalue weighted by molar-refractivity contribution is 14.1. The standard InChI is InChI=1S/C43H77IO7Si2/c1-31(27-35-32(2)36(28-33(49-35)23-20-25-44)51-53(15,16)42(9,10)11)21-18-17-19-22-34-29-37(45)43(12,30-48-52(13,14)41(6,7)8)38(50-34)24-26-47-39(46)40(3,4)5/h18-22,25,27,32-38,45H,17,23-24,26,28-30H2,1-16H3/b21-18+,22-19+,25-20+,31-27-/t32-,33-,34+,35+,36-,37+,38-,43+/m1/s1. The van der Waals surface area contributed by atoms with Crippen LogP contribution in [-0.2, 0) is 27.9 Å². The van der Waals surface area contributed by atoms with Crippen LogP contribution in [0.4, 0.5) is 0 Å². The fraction of sp³-hybridized carbons (Fsp3) is 0.791. The second kappa shape index (κ2) is 19.7. The van der Waals surface area contributed by atoms with Crippen LogP contribution in [-0.4, -0.2) is 77.5 Å². The van der Waals surface area contributed by atoms with Gasteiger partial charge in [0.1, 0.15) is 0 Å². The molecule has 2 saturated heterocycles. The molecule has 0 aromatic carbocycles. The van der Waals surface area contributed by atoms with Gasteiger partial charge in [-0.3, -0.25) is 4.79 Å². The Balaban J connectivity index is 2.15. The molecule has 2 aliphatic heterocycles. The number of rotatable bonds is 15. The number of ether oxygens (including phenoxy) is 3. The van der Waals surface area contributed by atoms with Gasteiger partial charge in [-0.15, -0.1) is 0 Å². The number of carbonyl (C=O) groups excluding carboxylic acids is 1. The summed E-state index contributed by atoms with van der Waals surface area (Å²) >= 11 is 2.28. The zero-order valence-electron chi connectivity index (χ0n) is 36.3. The lowest BCUT2D eigenvalue weighted by Crippen LogP contribution is -2.56. The average Bonchev–Trinajstić information content (AvgIpc) is 3.01. The molecule has 0 unspecified atom stereocenters. The maximum atomic E-state index is 12.5. The first-order chi connectivity index (χ1) is 24.1. The highest BCUT2D eigenvalue weighted by Gasteiger charge is 2.49. The van der Waals surface area contributed by atoms with Crippen LogP contribution >= 0.6 is 22.6 Å². The molecule has 2 heterocycles. The van der Waals surface area contributed by atoms with E-state index in [4.69, 9.17) is 23.1 Å². The third-order valence-corrected chi connectivity index (χ3v) is 21.7. The van der Waals surface area contributed by atoms with E-state index in [9.17, 15) is 9.90 Å². The van der Waals surface area contributed by atoms with E-state index in [1.54, 1.807) is 0 Å². The minimum Gasteiger partial charge on any atom is -0.465 e. The molecule has 8 atom stereocenters. The molecular formula is C43H77IO7Si2. The summed E-state index contributed by atoms with van der Waals surface area (Å²) in [4.78, 5) is 12.5. The normalized spacial score (nSPS) is 30.2. The Labute approximate surface area is 340 Å². The number of hydrogen-bond acceptors (Lipinski definition) is 7. The predicted octanol–water partition coefficient (Wildman–Crippen LogP) is 11.5. The SMILES string of the molecule is CC(=C/[C@@H]1O[C@H](C/C=C/I)C[C@@H](O[Si](C)(C)C(C)(C)C)[C@@H]1C)/C=C/C/C=C/[C@H]1C[C@H](O)[C@](C)(CO[Si](C)(C)C(C)(C)C)[C@@H](CCOC(=O)C(C)(C)C)O1. The van der Waals surface area contributed by atoms with Crippen molar-refractivity contribution in [2.24, 2.45) is 16.7 Å². The molecule has 7 nitrogen and oxygen atoms in total. The van der Waals surface area contributed by atoms with Crippen LogP contribution in [0.25, 0.3) is 0 Å². The summed E-state index contributed by atoms with van der Waals surface area (Å²) in [5.41, 5.74) is -0.0435. The lowest BCUT2D eigenvalue weighted by Gasteiger charge is -2.49. The van der Waals surface area contributed by atoms with Gasteiger partial charge >= 0.3 is 5.97 Å². The molecular weight excluding hydrogens is 812 g/mol. The molecule has 2 fully saturated rings. The van der Waals surface area contributed by atoms with Gasteiger partial charge in [0.05, 0.1) is 48.6 Å². The van der Waals surface area contributed by atoms with Gasteiger partial charge in [0.2, 0.25) is 0 Å². The smallest absolute Gasteiger partial charge is 0.311 e. The van der Waals surface area contributed by atoms with Crippen LogP contribution in [0.5, 0.6) is 0 Å². The third kappa shape index (κ3) is 14.4. The van der Waals surface area contributed by atoms with Gasteiger partial charge < -0.3 is 28.2 Å². The summed E-state index contributed by atoms with van der Waals surface area (Å²) in [6.07, 6.45) is 15.5. The Bertz CT molecular complexity index is 1290. The minimum absolute atomic E-state index is 0.0158. The van der Waals surface area contributed by atoms with Crippen molar-refractivity contribution in [3.05, 3.63) is 46.1 Å². The van der Waals surface area contributed by atoms with E-state index in [2.05, 4.69) is 152 Å². The highest BCUT2D eigenvalue weighted by Crippen LogP contribution is 2.44. The quantitative estimate of drug-likeness (QED) is 0.0576. The Morgan fingerprint density at radius 2 is 1.57 bits per heavy atom. The molecule has 306 valence electrons. The summed E-state index contributed by atoms with van der Waals surface area (Å²) in [5.74, 6) is 0.0163. The number of halogens is 1. The second-order valence-electron chi connectivity index (χ2n) is 20.0. The molecule has 0 amide bonds. The van der Waals surface area contributed by atoms with Crippen LogP contribution in [0.1, 0.15) is 115 Å². The topological polar surface area (TPSA) is 83.5 Å². The molecule has 53 heavy (non-hydrogen) atoms. The van der Waals surface area contributed by atoms with Crippen molar-refractivity contribution in [2.75, 3.05) is 13.2 Å². The Kier molecular flexibility index (Phi) is 18.0. The summed E-state index contributed by atoms with van der Waals surface area (Å²) in [5, 5.41) is 11.8. The first kappa shape index (κ1) is 48.5. The molecule has 0 radical (unpaired) electrons. The van der Waals surface area contributed by atoms with E-state index < -0.39 is 33.6 Å². The Hall–Kier alpha value is -0.606. The maximum Gasteiger partial charge on any atom is 0.311 e. The van der Waals surface area contributed by atoms with Crippen molar-refractivity contribution in [3.8, 4) is 0 Å². The lowest BCUT2D eigenvalue weighted by molar-refractivity contribution is -0.187. The van der Waals surface area contributed by atoms with Crippen LogP contribution in [0.3, 0.4) is 0 Å². The molecule has 2 aliphatic rings. The zero-order valence-corrected chi connectivity index (χ0v) is 40.5. The number of esters is 1. The molecule has 0 aliphatic carbocycles. The van der Waals surface area contributed by atoms with Gasteiger partial charge in [-0.1, -0.05) is 120 Å². The fourth-order valence-corrected chi connectivity index (χ4v) is 8.91. The third-order valence-electron chi connectivity index (χ3n) is 12.2. The van der Waals surface area contributed by atoms with E-state index in [1.165, 1.54) is 0 Å². The van der Waals surface area contributed by atoms with Gasteiger partial charge in [0.15, 0.2) is 16.6 Å². The summed E-state index contributed by atoms with van der Waals surface area (Å²) in [6.45, 7) is 35.4. The molecule has 0 aromatic heterocycles. The van der Waals surface area contributed by atoms with Gasteiger partial charge in [0, 0.05) is 30.8 Å². The average molecular weight is 889 g/mol. The monoisotopic (exact) mass is 888 g/mol. The van der Waals surface area contributed by atoms with Gasteiger partial charge in [-0.25, -0.2) is 0 Å². The predicted molar refractivity (Wildman–Crippen MR) is 235 cm³/mol. The maximum absolute atomic E-state index is 12.5. The number of allylic oxidation sites excluding steroid dienone is 4. The van der Waals surface area contributed by atoms with Gasteiger partial charge in [0.25, 0.3) is 0 Å². The molecule has 0 bridgehead atoms. The van der Waals surface area contributed by atoms with Gasteiger partial charge in [-0.2, -0.15) is 0 Å². The summed E-state index contributed by atoms with van der Waals surface area (Å²) in [7, 11) is -4.00. The van der Waals surface area contributed by atoms with E-state index in [1.807, 2.05) is 20.8 Å². The number of aliphatic hydroxyl groups excluding tert-OH is 1. The molecule has 2 rings (SSSR count). The van der Waals surface area contributed by atoms with Crippen LogP contribution < -0.4 is 0 Å². The van der Waals surface area contributed by atoms with Crippen LogP contribution in [0, 0.1) is 16.7 Å². The van der Waals surface area contributed by atoms with Crippen molar-refractivity contribution >= 4 is 45.2 Å². The molecule has 0 spiro atoms. The number of aliphatic hydroxyl groups is 1. The molecule has 10 heteroatoms. The van der Waals surface area contributed by atoms with Crippen molar-refractivity contribution < 1.29 is 33.0 Å². The molecule has 0 aromatic rings. The van der Waals surface area contributed by atoms with E-state index in [-0.39, 0.29) is 59.1 Å². The summed E-state index contributed by atoms with van der Waals surface area (Å²) < 4.78 is 34.7. The van der Waals surface area contributed by atoms with Crippen molar-refractivity contribution in [2.45, 2.75) is 188 Å². The second-order valence-corrected chi connectivity index (χ2v) is 30.2. The van der Waals surface area contributed by atoms with Crippen molar-refractivity contribution in [3.63, 3.8) is 0 Å². The van der Waals surface area contributed by atoms with Gasteiger partial charge in [-0.05, 0) is 87.3 Å². The molecule has 1 N–H and O–H groups in total.